The van der Waals surface area contributed by atoms with E-state index < -0.39 is 23.2 Å². The molecule has 2 aromatic carbocycles. The number of likely N-dealkylation sites (tertiary alicyclic amines) is 1. The molecule has 1 saturated carbocycles. The zero-order valence-electron chi connectivity index (χ0n) is 25.0. The third kappa shape index (κ3) is 6.68. The van der Waals surface area contributed by atoms with E-state index in [1.807, 2.05) is 17.0 Å². The number of carbonyl (C=O) groups excluding carboxylic acids is 3. The van der Waals surface area contributed by atoms with Crippen LogP contribution in [0, 0.1) is 0 Å². The number of nitrogens with one attached hydrogen (secondary N) is 1. The molecule has 1 atom stereocenters. The third-order valence-corrected chi connectivity index (χ3v) is 9.61. The maximum atomic E-state index is 13.8. The lowest BCUT2D eigenvalue weighted by Gasteiger charge is -2.52. The molecule has 0 bridgehead atoms. The van der Waals surface area contributed by atoms with Gasteiger partial charge in [0, 0.05) is 43.7 Å². The third-order valence-electron chi connectivity index (χ3n) is 9.61. The van der Waals surface area contributed by atoms with E-state index in [2.05, 4.69) is 17.1 Å². The Hall–Kier alpha value is -3.56. The van der Waals surface area contributed by atoms with Gasteiger partial charge in [-0.2, -0.15) is 0 Å². The molecule has 0 radical (unpaired) electrons. The molecule has 3 N–H and O–H groups in total. The number of benzene rings is 2. The van der Waals surface area contributed by atoms with Gasteiger partial charge in [0.1, 0.15) is 11.6 Å². The average molecular weight is 590 g/mol. The van der Waals surface area contributed by atoms with Gasteiger partial charge in [-0.05, 0) is 49.8 Å². The first-order valence-electron chi connectivity index (χ1n) is 15.7. The van der Waals surface area contributed by atoms with Gasteiger partial charge in [-0.1, -0.05) is 69.0 Å². The predicted octanol–water partition coefficient (Wildman–Crippen LogP) is 4.16. The molecule has 2 aliphatic heterocycles. The fourth-order valence-electron chi connectivity index (χ4n) is 6.98. The van der Waals surface area contributed by atoms with Crippen molar-refractivity contribution in [2.75, 3.05) is 19.6 Å². The van der Waals surface area contributed by atoms with Crippen LogP contribution in [0.25, 0.3) is 0 Å². The largest absolute Gasteiger partial charge is 0.478 e. The highest BCUT2D eigenvalue weighted by Crippen LogP contribution is 2.37. The van der Waals surface area contributed by atoms with Gasteiger partial charge < -0.3 is 20.4 Å². The summed E-state index contributed by atoms with van der Waals surface area (Å²) in [6.07, 6.45) is 7.50. The second-order valence-corrected chi connectivity index (χ2v) is 12.6. The Kier molecular flexibility index (Phi) is 9.32. The minimum atomic E-state index is -1.03. The number of hydrogen-bond acceptors (Lipinski definition) is 6. The SMILES string of the molecule is CCCCN1C(=O)[C@@H](CC2(O)CCCCC2)NC(=O)C12CCN(Cc1ccc(C(=O)c3ccc(C(=O)O)cc3)cc1)CC2. The van der Waals surface area contributed by atoms with Crippen LogP contribution in [0.15, 0.2) is 48.5 Å². The molecule has 0 unspecified atom stereocenters. The standard InChI is InChI=1S/C34H43N3O6/c1-2-3-19-37-30(39)28(22-33(43)15-5-4-6-16-33)35-32(42)34(37)17-20-36(21-18-34)23-24-7-9-25(10-8-24)29(38)26-11-13-27(14-12-26)31(40)41/h7-14,28,43H,2-6,15-23H2,1H3,(H,35,42)(H,40,41)/t28-/m1/s1. The summed E-state index contributed by atoms with van der Waals surface area (Å²) in [7, 11) is 0. The summed E-state index contributed by atoms with van der Waals surface area (Å²) in [5, 5.41) is 23.3. The zero-order chi connectivity index (χ0) is 30.6. The van der Waals surface area contributed by atoms with Crippen molar-refractivity contribution < 1.29 is 29.4 Å². The number of rotatable bonds is 10. The van der Waals surface area contributed by atoms with E-state index in [0.717, 1.165) is 37.7 Å². The highest BCUT2D eigenvalue weighted by atomic mass is 16.4. The van der Waals surface area contributed by atoms with Crippen LogP contribution in [0.2, 0.25) is 0 Å². The van der Waals surface area contributed by atoms with Crippen molar-refractivity contribution in [1.29, 1.82) is 0 Å². The first kappa shape index (κ1) is 30.9. The molecule has 230 valence electrons. The zero-order valence-corrected chi connectivity index (χ0v) is 25.0. The Bertz CT molecular complexity index is 1320. The molecule has 5 rings (SSSR count). The predicted molar refractivity (Wildman–Crippen MR) is 162 cm³/mol. The second kappa shape index (κ2) is 13.0. The van der Waals surface area contributed by atoms with Gasteiger partial charge in [-0.25, -0.2) is 4.79 Å². The minimum absolute atomic E-state index is 0.0571. The van der Waals surface area contributed by atoms with Gasteiger partial charge in [0.15, 0.2) is 5.78 Å². The van der Waals surface area contributed by atoms with Crippen LogP contribution in [0.5, 0.6) is 0 Å². The van der Waals surface area contributed by atoms with E-state index >= 15 is 0 Å². The summed E-state index contributed by atoms with van der Waals surface area (Å²) in [4.78, 5) is 55.6. The molecule has 3 fully saturated rings. The van der Waals surface area contributed by atoms with Crippen molar-refractivity contribution in [3.63, 3.8) is 0 Å². The van der Waals surface area contributed by atoms with Crippen molar-refractivity contribution in [3.8, 4) is 0 Å². The van der Waals surface area contributed by atoms with Crippen molar-refractivity contribution in [2.45, 2.75) is 94.9 Å². The molecule has 2 saturated heterocycles. The van der Waals surface area contributed by atoms with Gasteiger partial charge in [-0.15, -0.1) is 0 Å². The smallest absolute Gasteiger partial charge is 0.335 e. The number of carbonyl (C=O) groups is 4. The van der Waals surface area contributed by atoms with Crippen molar-refractivity contribution >= 4 is 23.6 Å². The van der Waals surface area contributed by atoms with Crippen LogP contribution in [0.3, 0.4) is 0 Å². The number of carboxylic acid groups (broad SMARTS) is 1. The molecule has 2 heterocycles. The summed E-state index contributed by atoms with van der Waals surface area (Å²) in [5.41, 5.74) is 0.392. The van der Waals surface area contributed by atoms with Crippen molar-refractivity contribution in [2.24, 2.45) is 0 Å². The first-order chi connectivity index (χ1) is 20.6. The number of aliphatic hydroxyl groups is 1. The number of hydrogen-bond donors (Lipinski definition) is 3. The fourth-order valence-corrected chi connectivity index (χ4v) is 6.98. The number of ketones is 1. The molecule has 0 aromatic heterocycles. The van der Waals surface area contributed by atoms with E-state index in [1.165, 1.54) is 24.3 Å². The number of amides is 2. The number of unbranched alkanes of at least 4 members (excludes halogenated alkanes) is 1. The normalized spacial score (nSPS) is 21.9. The first-order valence-corrected chi connectivity index (χ1v) is 15.7. The molecular formula is C34H43N3O6. The molecule has 1 spiro atoms. The van der Waals surface area contributed by atoms with Gasteiger partial charge >= 0.3 is 5.97 Å². The number of piperidine rings is 1. The number of carboxylic acids is 1. The molecule has 2 amide bonds. The lowest BCUT2D eigenvalue weighted by Crippen LogP contribution is -2.73. The van der Waals surface area contributed by atoms with Crippen molar-refractivity contribution in [3.05, 3.63) is 70.8 Å². The van der Waals surface area contributed by atoms with E-state index in [0.29, 0.717) is 63.0 Å². The Morgan fingerprint density at radius 1 is 0.884 bits per heavy atom. The molecule has 9 heteroatoms. The van der Waals surface area contributed by atoms with Crippen LogP contribution in [-0.2, 0) is 16.1 Å². The molecule has 43 heavy (non-hydrogen) atoms. The Labute approximate surface area is 253 Å². The van der Waals surface area contributed by atoms with Gasteiger partial charge in [0.2, 0.25) is 11.8 Å². The summed E-state index contributed by atoms with van der Waals surface area (Å²) in [6.45, 7) is 4.62. The number of nitrogens with zero attached hydrogens (tertiary/aromatic N) is 2. The molecule has 9 nitrogen and oxygen atoms in total. The molecule has 2 aromatic rings. The summed E-state index contributed by atoms with van der Waals surface area (Å²) in [5.74, 6) is -1.35. The fraction of sp³-hybridized carbons (Fsp3) is 0.529. The van der Waals surface area contributed by atoms with E-state index in [9.17, 15) is 24.3 Å². The maximum Gasteiger partial charge on any atom is 0.335 e. The summed E-state index contributed by atoms with van der Waals surface area (Å²) >= 11 is 0. The Morgan fingerprint density at radius 2 is 1.47 bits per heavy atom. The maximum absolute atomic E-state index is 13.8. The van der Waals surface area contributed by atoms with Gasteiger partial charge in [0.25, 0.3) is 0 Å². The van der Waals surface area contributed by atoms with Gasteiger partial charge in [0.05, 0.1) is 11.2 Å². The number of aromatic carboxylic acids is 1. The van der Waals surface area contributed by atoms with Crippen molar-refractivity contribution in [1.82, 2.24) is 15.1 Å². The minimum Gasteiger partial charge on any atom is -0.478 e. The summed E-state index contributed by atoms with van der Waals surface area (Å²) in [6, 6.07) is 12.7. The highest BCUT2D eigenvalue weighted by Gasteiger charge is 2.54. The van der Waals surface area contributed by atoms with Crippen LogP contribution in [0.4, 0.5) is 0 Å². The quantitative estimate of drug-likeness (QED) is 0.355. The van der Waals surface area contributed by atoms with E-state index in [4.69, 9.17) is 5.11 Å². The van der Waals surface area contributed by atoms with E-state index in [-0.39, 0.29) is 29.6 Å². The topological polar surface area (TPSA) is 127 Å². The Morgan fingerprint density at radius 3 is 2.05 bits per heavy atom. The van der Waals surface area contributed by atoms with Crippen LogP contribution in [0.1, 0.15) is 103 Å². The van der Waals surface area contributed by atoms with Gasteiger partial charge in [-0.3, -0.25) is 19.3 Å². The van der Waals surface area contributed by atoms with Crippen LogP contribution < -0.4 is 5.32 Å². The molecular weight excluding hydrogens is 546 g/mol. The molecule has 3 aliphatic rings. The second-order valence-electron chi connectivity index (χ2n) is 12.6. The average Bonchev–Trinajstić information content (AvgIpc) is 3.01. The van der Waals surface area contributed by atoms with E-state index in [1.54, 1.807) is 12.1 Å². The number of piperazine rings is 1. The Balaban J connectivity index is 1.21. The lowest BCUT2D eigenvalue weighted by atomic mass is 9.77. The monoisotopic (exact) mass is 589 g/mol. The summed E-state index contributed by atoms with van der Waals surface area (Å²) < 4.78 is 0. The highest BCUT2D eigenvalue weighted by molar-refractivity contribution is 6.09. The molecule has 1 aliphatic carbocycles. The lowest BCUT2D eigenvalue weighted by molar-refractivity contribution is -0.163. The van der Waals surface area contributed by atoms with Crippen LogP contribution >= 0.6 is 0 Å². The van der Waals surface area contributed by atoms with Crippen LogP contribution in [-0.4, -0.2) is 80.4 Å².